The number of likely N-dealkylation sites (N-methyl/N-ethyl adjacent to an activating group) is 1. The second-order valence-corrected chi connectivity index (χ2v) is 7.83. The molecule has 0 aliphatic carbocycles. The topological polar surface area (TPSA) is 72.9 Å². The van der Waals surface area contributed by atoms with Crippen LogP contribution < -0.4 is 15.5 Å². The molecule has 2 N–H and O–H groups in total. The molecular formula is C23H33IN6O. The van der Waals surface area contributed by atoms with Crippen molar-refractivity contribution in [3.63, 3.8) is 0 Å². The first-order chi connectivity index (χ1) is 14.5. The van der Waals surface area contributed by atoms with Gasteiger partial charge in [-0.2, -0.15) is 0 Å². The molecule has 0 spiro atoms. The number of anilines is 1. The lowest BCUT2D eigenvalue weighted by Crippen LogP contribution is -2.50. The molecular weight excluding hydrogens is 503 g/mol. The number of guanidine groups is 1. The van der Waals surface area contributed by atoms with Crippen LogP contribution in [0.4, 0.5) is 5.82 Å². The molecule has 8 heteroatoms. The van der Waals surface area contributed by atoms with E-state index >= 15 is 0 Å². The van der Waals surface area contributed by atoms with Crippen LogP contribution in [-0.4, -0.2) is 61.5 Å². The van der Waals surface area contributed by atoms with Crippen LogP contribution in [0.1, 0.15) is 24.1 Å². The maximum atomic E-state index is 12.0. The summed E-state index contributed by atoms with van der Waals surface area (Å²) in [5, 5.41) is 6.72. The first-order valence-corrected chi connectivity index (χ1v) is 10.5. The highest BCUT2D eigenvalue weighted by Crippen LogP contribution is 2.18. The van der Waals surface area contributed by atoms with Crippen LogP contribution in [-0.2, 0) is 11.3 Å². The number of rotatable bonds is 6. The summed E-state index contributed by atoms with van der Waals surface area (Å²) in [6.07, 6.45) is 1.98. The molecule has 0 radical (unpaired) electrons. The average molecular weight is 536 g/mol. The molecule has 0 unspecified atom stereocenters. The predicted octanol–water partition coefficient (Wildman–Crippen LogP) is 2.80. The number of benzene rings is 1. The summed E-state index contributed by atoms with van der Waals surface area (Å²) in [4.78, 5) is 25.3. The molecule has 0 saturated carbocycles. The third-order valence-electron chi connectivity index (χ3n) is 5.20. The normalized spacial score (nSPS) is 14.5. The number of hydrogen-bond acceptors (Lipinski definition) is 4. The maximum Gasteiger partial charge on any atom is 0.241 e. The Morgan fingerprint density at radius 1 is 1.13 bits per heavy atom. The number of carbonyl (C=O) groups excluding carboxylic acids is 1. The number of hydrogen-bond donors (Lipinski definition) is 2. The van der Waals surface area contributed by atoms with Crippen molar-refractivity contribution in [1.82, 2.24) is 20.5 Å². The Kier molecular flexibility index (Phi) is 10.0. The van der Waals surface area contributed by atoms with Crippen LogP contribution >= 0.6 is 24.0 Å². The fourth-order valence-corrected chi connectivity index (χ4v) is 3.37. The van der Waals surface area contributed by atoms with Crippen LogP contribution in [0.15, 0.2) is 53.5 Å². The summed E-state index contributed by atoms with van der Waals surface area (Å²) in [5.41, 5.74) is 2.18. The zero-order valence-electron chi connectivity index (χ0n) is 18.5. The van der Waals surface area contributed by atoms with E-state index in [1.165, 1.54) is 0 Å². The van der Waals surface area contributed by atoms with E-state index in [4.69, 9.17) is 4.99 Å². The number of carbonyl (C=O) groups is 1. The molecule has 1 amide bonds. The zero-order valence-corrected chi connectivity index (χ0v) is 20.9. The van der Waals surface area contributed by atoms with Gasteiger partial charge in [0.05, 0.1) is 13.1 Å². The Balaban J connectivity index is 0.00000341. The van der Waals surface area contributed by atoms with Crippen LogP contribution in [0.5, 0.6) is 0 Å². The van der Waals surface area contributed by atoms with Gasteiger partial charge in [-0.25, -0.2) is 9.98 Å². The summed E-state index contributed by atoms with van der Waals surface area (Å²) in [5.74, 6) is 1.74. The first-order valence-electron chi connectivity index (χ1n) is 10.5. The molecule has 1 fully saturated rings. The summed E-state index contributed by atoms with van der Waals surface area (Å²) in [6, 6.07) is 16.6. The minimum Gasteiger partial charge on any atom is -0.356 e. The SMILES string of the molecule is Cc1cccc(N2CCC(NC(=NCc3ccccc3)NCC(=O)N(C)C)CC2)n1.I. The van der Waals surface area contributed by atoms with Crippen molar-refractivity contribution in [1.29, 1.82) is 0 Å². The van der Waals surface area contributed by atoms with Gasteiger partial charge in [0.25, 0.3) is 0 Å². The van der Waals surface area contributed by atoms with Gasteiger partial charge in [-0.05, 0) is 37.5 Å². The predicted molar refractivity (Wildman–Crippen MR) is 137 cm³/mol. The van der Waals surface area contributed by atoms with Crippen molar-refractivity contribution in [2.24, 2.45) is 4.99 Å². The van der Waals surface area contributed by atoms with Crippen LogP contribution in [0.3, 0.4) is 0 Å². The largest absolute Gasteiger partial charge is 0.356 e. The Bertz CT molecular complexity index is 850. The molecule has 1 aromatic heterocycles. The molecule has 0 atom stereocenters. The monoisotopic (exact) mass is 536 g/mol. The van der Waals surface area contributed by atoms with Crippen molar-refractivity contribution in [3.05, 3.63) is 59.8 Å². The summed E-state index contributed by atoms with van der Waals surface area (Å²) < 4.78 is 0. The third kappa shape index (κ3) is 8.01. The Labute approximate surface area is 202 Å². The molecule has 7 nitrogen and oxygen atoms in total. The van der Waals surface area contributed by atoms with E-state index in [0.717, 1.165) is 43.0 Å². The van der Waals surface area contributed by atoms with Crippen molar-refractivity contribution in [2.75, 3.05) is 38.6 Å². The van der Waals surface area contributed by atoms with Crippen molar-refractivity contribution in [2.45, 2.75) is 32.4 Å². The number of aliphatic imine (C=N–C) groups is 1. The molecule has 2 aromatic rings. The highest BCUT2D eigenvalue weighted by molar-refractivity contribution is 14.0. The smallest absolute Gasteiger partial charge is 0.241 e. The quantitative estimate of drug-likeness (QED) is 0.338. The summed E-state index contributed by atoms with van der Waals surface area (Å²) in [6.45, 7) is 4.69. The minimum absolute atomic E-state index is 0. The number of aryl methyl sites for hydroxylation is 1. The van der Waals surface area contributed by atoms with Crippen molar-refractivity contribution in [3.8, 4) is 0 Å². The lowest BCUT2D eigenvalue weighted by atomic mass is 10.1. The van der Waals surface area contributed by atoms with Gasteiger partial charge in [-0.15, -0.1) is 24.0 Å². The standard InChI is InChI=1S/C23H32N6O.HI/c1-18-8-7-11-21(26-18)29-14-12-20(13-15-29)27-23(25-17-22(30)28(2)3)24-16-19-9-5-4-6-10-19;/h4-11,20H,12-17H2,1-3H3,(H2,24,25,27);1H. The lowest BCUT2D eigenvalue weighted by Gasteiger charge is -2.34. The van der Waals surface area contributed by atoms with E-state index in [2.05, 4.69) is 44.8 Å². The lowest BCUT2D eigenvalue weighted by molar-refractivity contribution is -0.127. The second-order valence-electron chi connectivity index (χ2n) is 7.83. The Hall–Kier alpha value is -2.36. The molecule has 1 aliphatic rings. The van der Waals surface area contributed by atoms with Gasteiger partial charge in [0, 0.05) is 38.9 Å². The number of nitrogens with one attached hydrogen (secondary N) is 2. The number of aromatic nitrogens is 1. The fraction of sp³-hybridized carbons (Fsp3) is 0.435. The van der Waals surface area contributed by atoms with Crippen molar-refractivity contribution >= 4 is 41.7 Å². The van der Waals surface area contributed by atoms with Crippen LogP contribution in [0, 0.1) is 6.92 Å². The Morgan fingerprint density at radius 2 is 1.84 bits per heavy atom. The first kappa shape index (κ1) is 24.9. The van der Waals surface area contributed by atoms with Gasteiger partial charge >= 0.3 is 0 Å². The zero-order chi connectivity index (χ0) is 21.3. The Morgan fingerprint density at radius 3 is 2.48 bits per heavy atom. The molecule has 1 saturated heterocycles. The van der Waals surface area contributed by atoms with E-state index in [-0.39, 0.29) is 36.4 Å². The highest BCUT2D eigenvalue weighted by atomic mass is 127. The van der Waals surface area contributed by atoms with E-state index in [9.17, 15) is 4.79 Å². The number of nitrogens with zero attached hydrogens (tertiary/aromatic N) is 4. The van der Waals surface area contributed by atoms with Gasteiger partial charge in [-0.3, -0.25) is 4.79 Å². The molecule has 31 heavy (non-hydrogen) atoms. The number of amides is 1. The number of pyridine rings is 1. The van der Waals surface area contributed by atoms with E-state index < -0.39 is 0 Å². The van der Waals surface area contributed by atoms with Crippen LogP contribution in [0.2, 0.25) is 0 Å². The minimum atomic E-state index is 0. The van der Waals surface area contributed by atoms with Gasteiger partial charge in [0.2, 0.25) is 5.91 Å². The number of halogens is 1. The average Bonchev–Trinajstić information content (AvgIpc) is 2.76. The molecule has 1 aromatic carbocycles. The molecule has 2 heterocycles. The maximum absolute atomic E-state index is 12.0. The van der Waals surface area contributed by atoms with E-state index in [0.29, 0.717) is 18.5 Å². The van der Waals surface area contributed by atoms with Gasteiger partial charge in [0.15, 0.2) is 5.96 Å². The third-order valence-corrected chi connectivity index (χ3v) is 5.20. The molecule has 0 bridgehead atoms. The molecule has 1 aliphatic heterocycles. The molecule has 168 valence electrons. The molecule has 3 rings (SSSR count). The summed E-state index contributed by atoms with van der Waals surface area (Å²) >= 11 is 0. The van der Waals surface area contributed by atoms with Crippen molar-refractivity contribution < 1.29 is 4.79 Å². The fourth-order valence-electron chi connectivity index (χ4n) is 3.37. The summed E-state index contributed by atoms with van der Waals surface area (Å²) in [7, 11) is 3.51. The highest BCUT2D eigenvalue weighted by Gasteiger charge is 2.21. The van der Waals surface area contributed by atoms with E-state index in [1.54, 1.807) is 19.0 Å². The van der Waals surface area contributed by atoms with E-state index in [1.807, 2.05) is 31.2 Å². The second kappa shape index (κ2) is 12.5. The number of piperidine rings is 1. The van der Waals surface area contributed by atoms with Gasteiger partial charge < -0.3 is 20.4 Å². The van der Waals surface area contributed by atoms with Gasteiger partial charge in [0.1, 0.15) is 5.82 Å². The van der Waals surface area contributed by atoms with Crippen LogP contribution in [0.25, 0.3) is 0 Å². The van der Waals surface area contributed by atoms with Gasteiger partial charge in [-0.1, -0.05) is 36.4 Å².